The first-order valence-electron chi connectivity index (χ1n) is 0. The molecule has 0 aliphatic carbocycles. The van der Waals surface area contributed by atoms with E-state index in [2.05, 4.69) is 0 Å². The molecule has 0 aliphatic heterocycles. The Balaban J connectivity index is 0. The van der Waals surface area contributed by atoms with E-state index in [1.165, 1.54) is 0 Å². The van der Waals surface area contributed by atoms with E-state index in [4.69, 9.17) is 0 Å². The topological polar surface area (TPSA) is 0 Å². The van der Waals surface area contributed by atoms with Crippen molar-refractivity contribution >= 4 is 0 Å². The van der Waals surface area contributed by atoms with Gasteiger partial charge in [-0.05, 0) is 0 Å². The van der Waals surface area contributed by atoms with Crippen LogP contribution in [0.15, 0.2) is 0 Å². The van der Waals surface area contributed by atoms with Crippen molar-refractivity contribution in [3.8, 4) is 0 Å². The maximum absolute atomic E-state index is 0. The van der Waals surface area contributed by atoms with Crippen LogP contribution in [0.3, 0.4) is 0 Å². The van der Waals surface area contributed by atoms with Crippen LogP contribution in [0.1, 0.15) is 0 Å². The molecule has 0 N–H and O–H groups in total. The summed E-state index contributed by atoms with van der Waals surface area (Å²) in [6.45, 7) is 0. The summed E-state index contributed by atoms with van der Waals surface area (Å²) in [7, 11) is 0. The Morgan fingerprint density at radius 1 is 0.400 bits per heavy atom. The van der Waals surface area contributed by atoms with Crippen molar-refractivity contribution in [1.82, 2.24) is 0 Å². The molecule has 0 aromatic rings. The van der Waals surface area contributed by atoms with Crippen LogP contribution in [-0.2, 0) is 39.0 Å². The molecule has 0 aliphatic rings. The fraction of sp³-hybridized carbons (Fsp3) is 0. The minimum absolute atomic E-state index is 0. The molecule has 0 bridgehead atoms. The van der Waals surface area contributed by atoms with Crippen LogP contribution in [0, 0.1) is 113 Å². The van der Waals surface area contributed by atoms with Crippen LogP contribution in [0.2, 0.25) is 0 Å². The molecule has 0 atom stereocenters. The van der Waals surface area contributed by atoms with Gasteiger partial charge in [0.25, 0.3) is 0 Å². The molecule has 0 spiro atoms. The monoisotopic (exact) mass is 701 g/mol. The van der Waals surface area contributed by atoms with Gasteiger partial charge in [-0.1, -0.05) is 0 Å². The maximum atomic E-state index is 0. The molecular weight excluding hydrogens is 701 g/mol. The zero-order chi connectivity index (χ0) is 0. The Labute approximate surface area is 147 Å². The molecule has 0 nitrogen and oxygen atoms in total. The number of rotatable bonds is 0. The van der Waals surface area contributed by atoms with Crippen LogP contribution < -0.4 is 0 Å². The number of hydrogen-bond acceptors (Lipinski definition) is 0. The summed E-state index contributed by atoms with van der Waals surface area (Å²) >= 11 is 0. The normalized spacial score (nSPS) is 0. The molecule has 0 fully saturated rings. The Morgan fingerprint density at radius 2 is 0.400 bits per heavy atom. The summed E-state index contributed by atoms with van der Waals surface area (Å²) in [5, 5.41) is 0. The van der Waals surface area contributed by atoms with Gasteiger partial charge in [0.1, 0.15) is 0 Å². The van der Waals surface area contributed by atoms with E-state index in [-0.39, 0.29) is 152 Å². The third-order valence-electron chi connectivity index (χ3n) is 0. The SMILES string of the molecule is [Ho].[Ho].[Ho].[Rh].[Rh]. The van der Waals surface area contributed by atoms with Crippen LogP contribution >= 0.6 is 0 Å². The number of hydrogen-bond donors (Lipinski definition) is 0. The van der Waals surface area contributed by atoms with Crippen molar-refractivity contribution in [3.63, 3.8) is 0 Å². The van der Waals surface area contributed by atoms with Gasteiger partial charge in [-0.3, -0.25) is 0 Å². The first-order chi connectivity index (χ1) is 0. The average molecular weight is 701 g/mol. The van der Waals surface area contributed by atoms with Gasteiger partial charge in [0, 0.05) is 152 Å². The van der Waals surface area contributed by atoms with Crippen molar-refractivity contribution in [3.05, 3.63) is 0 Å². The fourth-order valence-electron chi connectivity index (χ4n) is 0. The summed E-state index contributed by atoms with van der Waals surface area (Å²) < 4.78 is 0. The molecule has 5 heavy (non-hydrogen) atoms. The summed E-state index contributed by atoms with van der Waals surface area (Å²) in [6, 6.07) is 0. The first kappa shape index (κ1) is 32.3. The van der Waals surface area contributed by atoms with Gasteiger partial charge >= 0.3 is 0 Å². The van der Waals surface area contributed by atoms with Crippen LogP contribution in [0.5, 0.6) is 0 Å². The molecule has 0 saturated heterocycles. The quantitative estimate of drug-likeness (QED) is 0.313. The van der Waals surface area contributed by atoms with Crippen LogP contribution in [-0.4, -0.2) is 0 Å². The molecule has 0 saturated carbocycles. The standard InChI is InChI=1S/3Ho.2Rh. The van der Waals surface area contributed by atoms with Gasteiger partial charge in [0.2, 0.25) is 0 Å². The van der Waals surface area contributed by atoms with E-state index in [1.54, 1.807) is 0 Å². The van der Waals surface area contributed by atoms with Crippen molar-refractivity contribution in [2.45, 2.75) is 0 Å². The average Bonchev–Trinajstić information content (AvgIpc) is 0. The van der Waals surface area contributed by atoms with Gasteiger partial charge in [0.15, 0.2) is 0 Å². The summed E-state index contributed by atoms with van der Waals surface area (Å²) in [6.07, 6.45) is 0. The van der Waals surface area contributed by atoms with E-state index < -0.39 is 0 Å². The third kappa shape index (κ3) is 17.6. The van der Waals surface area contributed by atoms with Gasteiger partial charge < -0.3 is 0 Å². The zero-order valence-corrected chi connectivity index (χ0v) is 10.7. The van der Waals surface area contributed by atoms with E-state index in [0.29, 0.717) is 0 Å². The zero-order valence-electron chi connectivity index (χ0n) is 1.57. The van der Waals surface area contributed by atoms with Crippen molar-refractivity contribution in [1.29, 1.82) is 0 Å². The Bertz CT molecular complexity index is 4.85. The van der Waals surface area contributed by atoms with Gasteiger partial charge in [-0.15, -0.1) is 0 Å². The predicted octanol–water partition coefficient (Wildman–Crippen LogP) is -0.00500. The second-order valence-corrected chi connectivity index (χ2v) is 0. The van der Waals surface area contributed by atoms with Gasteiger partial charge in [-0.2, -0.15) is 0 Å². The second kappa shape index (κ2) is 23.0. The largest absolute Gasteiger partial charge is 0 e. The van der Waals surface area contributed by atoms with Crippen molar-refractivity contribution in [2.24, 2.45) is 0 Å². The van der Waals surface area contributed by atoms with Crippen LogP contribution in [0.4, 0.5) is 0 Å². The van der Waals surface area contributed by atoms with E-state index in [0.717, 1.165) is 0 Å². The molecule has 0 unspecified atom stereocenters. The van der Waals surface area contributed by atoms with Crippen molar-refractivity contribution < 1.29 is 152 Å². The molecule has 51 valence electrons. The molecule has 0 aromatic carbocycles. The molecule has 0 rings (SSSR count). The predicted molar refractivity (Wildman–Crippen MR) is 0 cm³/mol. The van der Waals surface area contributed by atoms with Crippen molar-refractivity contribution in [2.75, 3.05) is 0 Å². The Hall–Kier alpha value is 5.03. The molecule has 5 heteroatoms. The molecule has 0 heterocycles. The van der Waals surface area contributed by atoms with E-state index in [9.17, 15) is 0 Å². The molecule has 0 amide bonds. The van der Waals surface area contributed by atoms with E-state index >= 15 is 0 Å². The minimum atomic E-state index is 0. The second-order valence-electron chi connectivity index (χ2n) is 0. The van der Waals surface area contributed by atoms with E-state index in [1.807, 2.05) is 0 Å². The Morgan fingerprint density at radius 3 is 0.400 bits per heavy atom. The van der Waals surface area contributed by atoms with Gasteiger partial charge in [-0.25, -0.2) is 0 Å². The first-order valence-corrected chi connectivity index (χ1v) is 0. The minimum Gasteiger partial charge on any atom is 0 e. The maximum Gasteiger partial charge on any atom is 0 e. The molecular formula is Ho3Rh2. The fourth-order valence-corrected chi connectivity index (χ4v) is 0. The Kier molecular flexibility index (Phi) is 149. The summed E-state index contributed by atoms with van der Waals surface area (Å²) in [5.41, 5.74) is 0. The smallest absolute Gasteiger partial charge is 0 e. The van der Waals surface area contributed by atoms with Crippen LogP contribution in [0.25, 0.3) is 0 Å². The third-order valence-corrected chi connectivity index (χ3v) is 0. The molecule has 0 aromatic heterocycles. The molecule has 5 radical (unpaired) electrons. The summed E-state index contributed by atoms with van der Waals surface area (Å²) in [5.74, 6) is 0. The summed E-state index contributed by atoms with van der Waals surface area (Å²) in [4.78, 5) is 0. The van der Waals surface area contributed by atoms with Gasteiger partial charge in [0.05, 0.1) is 0 Å².